The molecule has 6 nitrogen and oxygen atoms in total. The van der Waals surface area contributed by atoms with Crippen molar-refractivity contribution in [3.8, 4) is 0 Å². The highest BCUT2D eigenvalue weighted by Crippen LogP contribution is 2.49. The summed E-state index contributed by atoms with van der Waals surface area (Å²) >= 11 is 1.52. The van der Waals surface area contributed by atoms with Crippen LogP contribution in [0, 0.1) is 11.7 Å². The largest absolute Gasteiger partial charge is 0.464 e. The van der Waals surface area contributed by atoms with E-state index in [9.17, 15) is 22.4 Å². The summed E-state index contributed by atoms with van der Waals surface area (Å²) in [6.07, 6.45) is -3.60. The van der Waals surface area contributed by atoms with Crippen molar-refractivity contribution in [1.29, 1.82) is 0 Å². The molecule has 1 amide bonds. The molecular weight excluding hydrogens is 436 g/mol. The molecule has 1 saturated carbocycles. The molecule has 0 spiro atoms. The van der Waals surface area contributed by atoms with E-state index < -0.39 is 41.1 Å². The molecule has 0 saturated heterocycles. The van der Waals surface area contributed by atoms with Gasteiger partial charge in [-0.15, -0.1) is 11.8 Å². The molecule has 11 heteroatoms. The van der Waals surface area contributed by atoms with E-state index in [1.165, 1.54) is 36.9 Å². The van der Waals surface area contributed by atoms with Crippen LogP contribution in [0.1, 0.15) is 31.7 Å². The van der Waals surface area contributed by atoms with E-state index in [4.69, 9.17) is 10.5 Å². The number of hydrogen-bond acceptors (Lipinski definition) is 6. The number of nitrogens with one attached hydrogen (secondary N) is 2. The van der Waals surface area contributed by atoms with Crippen LogP contribution >= 0.6 is 11.8 Å². The van der Waals surface area contributed by atoms with Gasteiger partial charge in [0.15, 0.2) is 11.9 Å². The molecule has 1 heterocycles. The van der Waals surface area contributed by atoms with Crippen LogP contribution in [-0.4, -0.2) is 36.7 Å². The molecular formula is C20H24F4N4O2S. The van der Waals surface area contributed by atoms with Crippen molar-refractivity contribution in [3.63, 3.8) is 0 Å². The lowest BCUT2D eigenvalue weighted by Crippen LogP contribution is -2.32. The zero-order chi connectivity index (χ0) is 22.8. The molecule has 1 fully saturated rings. The fourth-order valence-corrected chi connectivity index (χ4v) is 5.04. The zero-order valence-electron chi connectivity index (χ0n) is 16.9. The van der Waals surface area contributed by atoms with Crippen LogP contribution in [0.5, 0.6) is 0 Å². The number of carbonyl (C=O) groups excluding carboxylic acids is 1. The van der Waals surface area contributed by atoms with Gasteiger partial charge in [-0.3, -0.25) is 9.79 Å². The SMILES string of the molecule is C=NC1(c2cc(NC(=O)C3=C(C(F)(F)F)OC(C)N3)ccc2F)CCCC1CSCN. The van der Waals surface area contributed by atoms with Crippen molar-refractivity contribution >= 4 is 30.1 Å². The summed E-state index contributed by atoms with van der Waals surface area (Å²) in [5.41, 5.74) is 4.39. The molecule has 3 unspecified atom stereocenters. The summed E-state index contributed by atoms with van der Waals surface area (Å²) in [7, 11) is 0. The van der Waals surface area contributed by atoms with E-state index in [0.717, 1.165) is 12.8 Å². The fraction of sp³-hybridized carbons (Fsp3) is 0.500. The van der Waals surface area contributed by atoms with Crippen molar-refractivity contribution in [2.24, 2.45) is 16.6 Å². The lowest BCUT2D eigenvalue weighted by Gasteiger charge is -2.32. The fourth-order valence-electron chi connectivity index (χ4n) is 4.18. The Labute approximate surface area is 181 Å². The molecule has 170 valence electrons. The number of nitrogens with zero attached hydrogens (tertiary/aromatic N) is 1. The highest BCUT2D eigenvalue weighted by atomic mass is 32.2. The van der Waals surface area contributed by atoms with E-state index in [0.29, 0.717) is 18.1 Å². The Balaban J connectivity index is 1.91. The Bertz CT molecular complexity index is 892. The smallest absolute Gasteiger partial charge is 0.451 e. The van der Waals surface area contributed by atoms with Crippen LogP contribution in [-0.2, 0) is 15.1 Å². The Morgan fingerprint density at radius 2 is 2.23 bits per heavy atom. The maximum absolute atomic E-state index is 14.8. The highest BCUT2D eigenvalue weighted by Gasteiger charge is 2.46. The Morgan fingerprint density at radius 3 is 2.87 bits per heavy atom. The van der Waals surface area contributed by atoms with Crippen LogP contribution < -0.4 is 16.4 Å². The number of alkyl halides is 3. The average Bonchev–Trinajstić information content (AvgIpc) is 3.31. The Hall–Kier alpha value is -2.27. The molecule has 1 aliphatic carbocycles. The van der Waals surface area contributed by atoms with Gasteiger partial charge in [0, 0.05) is 22.9 Å². The highest BCUT2D eigenvalue weighted by molar-refractivity contribution is 7.99. The van der Waals surface area contributed by atoms with E-state index in [1.54, 1.807) is 0 Å². The second-order valence-electron chi connectivity index (χ2n) is 7.46. The third kappa shape index (κ3) is 4.67. The van der Waals surface area contributed by atoms with E-state index >= 15 is 0 Å². The van der Waals surface area contributed by atoms with E-state index in [-0.39, 0.29) is 17.2 Å². The van der Waals surface area contributed by atoms with Gasteiger partial charge in [-0.25, -0.2) is 4.39 Å². The summed E-state index contributed by atoms with van der Waals surface area (Å²) in [5.74, 6) is -1.83. The topological polar surface area (TPSA) is 88.7 Å². The van der Waals surface area contributed by atoms with Crippen molar-refractivity contribution < 1.29 is 27.1 Å². The van der Waals surface area contributed by atoms with Crippen LogP contribution in [0.4, 0.5) is 23.2 Å². The van der Waals surface area contributed by atoms with Gasteiger partial charge in [0.2, 0.25) is 5.76 Å². The Morgan fingerprint density at radius 1 is 1.48 bits per heavy atom. The zero-order valence-corrected chi connectivity index (χ0v) is 17.7. The van der Waals surface area contributed by atoms with Gasteiger partial charge in [-0.05, 0) is 50.6 Å². The minimum atomic E-state index is -4.83. The molecule has 0 bridgehead atoms. The monoisotopic (exact) mass is 460 g/mol. The number of hydrogen-bond donors (Lipinski definition) is 3. The van der Waals surface area contributed by atoms with Gasteiger partial charge in [0.1, 0.15) is 5.82 Å². The molecule has 31 heavy (non-hydrogen) atoms. The van der Waals surface area contributed by atoms with Crippen LogP contribution in [0.2, 0.25) is 0 Å². The maximum Gasteiger partial charge on any atom is 0.451 e. The number of ether oxygens (including phenoxy) is 1. The number of amides is 1. The number of anilines is 1. The van der Waals surface area contributed by atoms with E-state index in [1.807, 2.05) is 0 Å². The van der Waals surface area contributed by atoms with Gasteiger partial charge < -0.3 is 21.1 Å². The lowest BCUT2D eigenvalue weighted by molar-refractivity contribution is -0.134. The van der Waals surface area contributed by atoms with Crippen molar-refractivity contribution in [1.82, 2.24) is 5.32 Å². The number of nitrogens with two attached hydrogens (primary N) is 1. The van der Waals surface area contributed by atoms with Gasteiger partial charge in [-0.2, -0.15) is 13.2 Å². The number of thioether (sulfide) groups is 1. The van der Waals surface area contributed by atoms with Gasteiger partial charge in [0.05, 0.1) is 5.54 Å². The number of aliphatic imine (C=N–C) groups is 1. The van der Waals surface area contributed by atoms with Gasteiger partial charge in [-0.1, -0.05) is 6.42 Å². The predicted octanol–water partition coefficient (Wildman–Crippen LogP) is 3.85. The van der Waals surface area contributed by atoms with Crippen LogP contribution in [0.15, 0.2) is 34.6 Å². The molecule has 2 aliphatic rings. The minimum absolute atomic E-state index is 0.00397. The first kappa shape index (κ1) is 23.4. The number of allylic oxidation sites excluding steroid dienone is 1. The van der Waals surface area contributed by atoms with Crippen molar-refractivity contribution in [3.05, 3.63) is 41.0 Å². The molecule has 3 rings (SSSR count). The minimum Gasteiger partial charge on any atom is -0.464 e. The number of halogens is 4. The first-order chi connectivity index (χ1) is 14.6. The molecule has 0 aromatic heterocycles. The average molecular weight is 460 g/mol. The Kier molecular flexibility index (Phi) is 6.85. The molecule has 1 aromatic carbocycles. The molecule has 1 aromatic rings. The van der Waals surface area contributed by atoms with Crippen molar-refractivity contribution in [2.45, 2.75) is 44.1 Å². The first-order valence-corrected chi connectivity index (χ1v) is 10.9. The molecule has 1 aliphatic heterocycles. The molecule has 4 N–H and O–H groups in total. The van der Waals surface area contributed by atoms with Crippen LogP contribution in [0.3, 0.4) is 0 Å². The van der Waals surface area contributed by atoms with Crippen LogP contribution in [0.25, 0.3) is 0 Å². The number of benzene rings is 1. The van der Waals surface area contributed by atoms with Crippen molar-refractivity contribution in [2.75, 3.05) is 16.9 Å². The third-order valence-electron chi connectivity index (χ3n) is 5.55. The second-order valence-corrected chi connectivity index (χ2v) is 8.54. The normalized spacial score (nSPS) is 25.9. The second kappa shape index (κ2) is 9.07. The molecule has 0 radical (unpaired) electrons. The maximum atomic E-state index is 14.8. The summed E-state index contributed by atoms with van der Waals surface area (Å²) in [5, 5.41) is 4.77. The third-order valence-corrected chi connectivity index (χ3v) is 6.42. The summed E-state index contributed by atoms with van der Waals surface area (Å²) in [6, 6.07) is 3.88. The first-order valence-electron chi connectivity index (χ1n) is 9.74. The summed E-state index contributed by atoms with van der Waals surface area (Å²) < 4.78 is 59.0. The predicted molar refractivity (Wildman–Crippen MR) is 112 cm³/mol. The molecule has 3 atom stereocenters. The van der Waals surface area contributed by atoms with Gasteiger partial charge >= 0.3 is 6.18 Å². The van der Waals surface area contributed by atoms with Gasteiger partial charge in [0.25, 0.3) is 5.91 Å². The number of carbonyl (C=O) groups is 1. The lowest BCUT2D eigenvalue weighted by atomic mass is 9.81. The summed E-state index contributed by atoms with van der Waals surface area (Å²) in [6.45, 7) is 5.03. The summed E-state index contributed by atoms with van der Waals surface area (Å²) in [4.78, 5) is 16.8. The quantitative estimate of drug-likeness (QED) is 0.327. The van der Waals surface area contributed by atoms with E-state index in [2.05, 4.69) is 22.3 Å². The number of rotatable bonds is 7. The standard InChI is InChI=1S/C20H24F4N4O2S/c1-11-27-16(17(30-11)20(22,23)24)18(29)28-13-5-6-15(21)14(8-13)19(26-2)7-3-4-12(19)9-31-10-25/h5-6,8,11-12,27H,2-4,7,9-10,25H2,1H3,(H,28,29).